The number of nitrogens with one attached hydrogen (secondary N) is 7. The van der Waals surface area contributed by atoms with Crippen LogP contribution < -0.4 is 41.5 Å². The molecule has 2 aromatic carbocycles. The number of aryl methyl sites for hydroxylation is 3. The first kappa shape index (κ1) is 82.4. The summed E-state index contributed by atoms with van der Waals surface area (Å²) in [5.41, 5.74) is 0.999. The van der Waals surface area contributed by atoms with Crippen molar-refractivity contribution in [2.45, 2.75) is 70.5 Å². The number of halogens is 1. The average molecular weight is 1430 g/mol. The second-order valence-corrected chi connectivity index (χ2v) is 25.8. The number of carboxylic acids is 4. The molecule has 4 aromatic rings. The fourth-order valence-corrected chi connectivity index (χ4v) is 12.4. The smallest absolute Gasteiger partial charge is 0.323 e. The molecule has 14 N–H and O–H groups in total. The lowest BCUT2D eigenvalue weighted by Gasteiger charge is -2.33. The number of anilines is 1. The van der Waals surface area contributed by atoms with E-state index in [4.69, 9.17) is 23.7 Å². The third-order valence-electron chi connectivity index (χ3n) is 14.8. The molecule has 1 fully saturated rings. The lowest BCUT2D eigenvalue weighted by molar-refractivity contribution is -0.140. The van der Waals surface area contributed by atoms with Crippen LogP contribution in [0.4, 0.5) is 10.7 Å². The molecule has 4 amide bonds. The molecule has 1 saturated heterocycles. The van der Waals surface area contributed by atoms with Crippen molar-refractivity contribution in [3.05, 3.63) is 81.4 Å². The summed E-state index contributed by atoms with van der Waals surface area (Å²) in [5, 5.41) is 51.9. The highest BCUT2D eigenvalue weighted by atomic mass is 32.3. The molecular weight excluding hydrogens is 1340 g/mol. The van der Waals surface area contributed by atoms with Crippen LogP contribution in [0.3, 0.4) is 0 Å². The Kier molecular flexibility index (Phi) is 36.0. The lowest BCUT2D eigenvalue weighted by Crippen LogP contribution is -2.53. The minimum absolute atomic E-state index is 0. The molecule has 0 saturated carbocycles. The number of hydrogen-bond acceptors (Lipinski definition) is 24. The van der Waals surface area contributed by atoms with Gasteiger partial charge in [-0.25, -0.2) is 13.4 Å². The number of carboxylic acid groups (broad SMARTS) is 4. The van der Waals surface area contributed by atoms with Crippen LogP contribution in [0.15, 0.2) is 58.6 Å². The number of carbonyl (C=O) groups is 8. The number of imidazole rings is 1. The van der Waals surface area contributed by atoms with E-state index < -0.39 is 92.3 Å². The van der Waals surface area contributed by atoms with Crippen molar-refractivity contribution in [1.29, 1.82) is 1.45 Å². The van der Waals surface area contributed by atoms with E-state index in [9.17, 15) is 85.7 Å². The summed E-state index contributed by atoms with van der Waals surface area (Å²) in [4.78, 5) is 126. The van der Waals surface area contributed by atoms with Gasteiger partial charge in [-0.2, -0.15) is 4.72 Å². The van der Waals surface area contributed by atoms with E-state index in [-0.39, 0.29) is 171 Å². The zero-order chi connectivity index (χ0) is 72.4. The molecule has 0 spiro atoms. The van der Waals surface area contributed by atoms with Crippen LogP contribution in [0, 0.1) is 13.8 Å². The first-order valence-electron chi connectivity index (χ1n) is 31.2. The molecule has 0 radical (unpaired) electrons. The van der Waals surface area contributed by atoms with Crippen LogP contribution in [0.25, 0.3) is 10.9 Å². The molecule has 0 aliphatic carbocycles. The molecule has 550 valence electrons. The summed E-state index contributed by atoms with van der Waals surface area (Å²) in [7, 11) is -7.10. The van der Waals surface area contributed by atoms with Gasteiger partial charge in [0.2, 0.25) is 33.2 Å². The standard InChI is InChI=1S/C59H89N13O22S2.CH4.FH/c1-40-29-43(30-41(2)55(40)96(89,90)67-46(58(84)85)33-64-56(82)45-34-68(3)48-31-42(8-9-44(48)54(45)81)32-65-59-62-12-13-63-59)94-24-4-7-49(73)60-10-5-22-91-25-27-93-28-26-92-23-6-11-61-57(83)47(39-95(86,87)88)66-50(74)35-69-14-16-70(36-51(75)76)18-20-72(38-53(79)80)21-19-71(17-15-69)37-52(77)78;;/h8-9,12-13,29-31,34,46-47,67,86-88H,4-7,10-11,14-28,32-33,35-39H2,1-3H3,(H,60,73)(H,61,83)(H,64,82)(H,66,74)(H,75,76)(H,77,78)(H,79,80)(H,84,85)(H2,62,63,65);1H4;1H/t46-,47+;;/m0../s1/i/hT. The zero-order valence-electron chi connectivity index (χ0n) is 55.2. The van der Waals surface area contributed by atoms with Gasteiger partial charge in [0.05, 0.1) is 86.2 Å². The molecule has 0 unspecified atom stereocenters. The van der Waals surface area contributed by atoms with Crippen molar-refractivity contribution in [3.63, 3.8) is 0 Å². The fourth-order valence-electron chi connectivity index (χ4n) is 10.1. The van der Waals surface area contributed by atoms with E-state index in [0.717, 1.165) is 5.56 Å². The first-order valence-corrected chi connectivity index (χ1v) is 34.0. The summed E-state index contributed by atoms with van der Waals surface area (Å²) >= 11 is 0. The van der Waals surface area contributed by atoms with E-state index in [0.29, 0.717) is 56.2 Å². The van der Waals surface area contributed by atoms with Crippen LogP contribution in [-0.4, -0.2) is 288 Å². The van der Waals surface area contributed by atoms with Gasteiger partial charge >= 0.3 is 23.9 Å². The van der Waals surface area contributed by atoms with Gasteiger partial charge in [-0.15, -0.1) is 0 Å². The van der Waals surface area contributed by atoms with Crippen LogP contribution in [0.1, 0.15) is 60.2 Å². The fraction of sp³-hybridized carbons (Fsp3) is 0.567. The number of rotatable bonds is 41. The number of aliphatic carboxylic acids is 4. The van der Waals surface area contributed by atoms with E-state index >= 15 is 0 Å². The number of amides is 4. The zero-order valence-corrected chi connectivity index (χ0v) is 55.8. The van der Waals surface area contributed by atoms with Gasteiger partial charge in [-0.1, -0.05) is 13.5 Å². The molecule has 0 bridgehead atoms. The minimum Gasteiger partial charge on any atom is -0.494 e. The molecule has 3 heterocycles. The van der Waals surface area contributed by atoms with E-state index in [1.807, 2.05) is 0 Å². The number of H-pyrrole nitrogens is 1. The lowest BCUT2D eigenvalue weighted by atomic mass is 10.1. The van der Waals surface area contributed by atoms with Crippen molar-refractivity contribution in [2.24, 2.45) is 7.05 Å². The van der Waals surface area contributed by atoms with Crippen LogP contribution >= 0.6 is 10.9 Å². The van der Waals surface area contributed by atoms with Crippen molar-refractivity contribution in [2.75, 3.05) is 155 Å². The number of aromatic nitrogens is 3. The quantitative estimate of drug-likeness (QED) is 0.0257. The van der Waals surface area contributed by atoms with Gasteiger partial charge in [0.15, 0.2) is 5.95 Å². The number of carbonyl (C=O) groups excluding carboxylic acids is 4. The Balaban J connectivity index is 0.00000842. The van der Waals surface area contributed by atoms with Crippen LogP contribution in [-0.2, 0) is 71.4 Å². The summed E-state index contributed by atoms with van der Waals surface area (Å²) in [6.45, 7) is 4.44. The van der Waals surface area contributed by atoms with E-state index in [1.54, 1.807) is 61.8 Å². The topological polar surface area (TPSA) is 485 Å². The molecule has 35 nitrogen and oxygen atoms in total. The Labute approximate surface area is 569 Å². The summed E-state index contributed by atoms with van der Waals surface area (Å²) < 4.78 is 95.9. The number of sulfonamides is 1. The van der Waals surface area contributed by atoms with E-state index in [2.05, 4.69) is 42.7 Å². The van der Waals surface area contributed by atoms with Crippen molar-refractivity contribution >= 4 is 85.3 Å². The highest BCUT2D eigenvalue weighted by molar-refractivity contribution is 8.19. The Morgan fingerprint density at radius 1 is 0.684 bits per heavy atom. The highest BCUT2D eigenvalue weighted by Gasteiger charge is 2.31. The van der Waals surface area contributed by atoms with Crippen LogP contribution in [0.5, 0.6) is 5.75 Å². The SMILES string of the molecule is C.Cc1cc(OCCCC(=O)NCCCOCCOCCOCCCNC(=O)[C@@H](CS(O)(O)O)NC(=O)CN2CCN(CC(=O)O)CCN(CC(=O)O)CCN(CC(=O)O)CC2)cc(C)c1S(=O)(=O)N[C@@H](CNC(=O)c1cn(C)c2cc(CNc3ncc[nH]3)ccc2c1=O)C(=O)O.[3H]F. The van der Waals surface area contributed by atoms with Crippen molar-refractivity contribution in [3.8, 4) is 5.75 Å². The number of hydrogen-bond donors (Lipinski definition) is 14. The Morgan fingerprint density at radius 3 is 1.70 bits per heavy atom. The second-order valence-electron chi connectivity index (χ2n) is 22.6. The maximum absolute atomic E-state index is 13.6. The van der Waals surface area contributed by atoms with Gasteiger partial charge in [0.1, 0.15) is 23.4 Å². The number of fused-ring (bicyclic) bond motifs is 1. The molecule has 2 atom stereocenters. The van der Waals surface area contributed by atoms with Gasteiger partial charge in [-0.3, -0.25) is 67.5 Å². The number of benzene rings is 2. The molecule has 98 heavy (non-hydrogen) atoms. The Morgan fingerprint density at radius 2 is 1.20 bits per heavy atom. The van der Waals surface area contributed by atoms with Gasteiger partial charge in [0.25, 0.3) is 7.36 Å². The Bertz CT molecular complexity index is 3370. The number of nitrogens with zero attached hydrogens (tertiary/aromatic N) is 6. The predicted octanol–water partition coefficient (Wildman–Crippen LogP) is -0.154. The third-order valence-corrected chi connectivity index (χ3v) is 17.3. The molecule has 38 heteroatoms. The van der Waals surface area contributed by atoms with E-state index in [1.165, 1.54) is 32.2 Å². The molecule has 1 aliphatic rings. The van der Waals surface area contributed by atoms with Gasteiger partial charge in [0, 0.05) is 129 Å². The van der Waals surface area contributed by atoms with Crippen LogP contribution in [0.2, 0.25) is 0 Å². The Hall–Kier alpha value is -7.99. The summed E-state index contributed by atoms with van der Waals surface area (Å²) in [5.74, 6) is -7.66. The average Bonchev–Trinajstić information content (AvgIpc) is 1.49. The third kappa shape index (κ3) is 30.8. The number of aromatic amines is 1. The molecular formula is C60H94FN13O22S2. The molecule has 1 aliphatic heterocycles. The maximum atomic E-state index is 13.6. The largest absolute Gasteiger partial charge is 0.494 e. The molecule has 5 rings (SSSR count). The second kappa shape index (κ2) is 42.7. The van der Waals surface area contributed by atoms with Gasteiger partial charge in [-0.05, 0) is 74.1 Å². The molecule has 2 aromatic heterocycles. The summed E-state index contributed by atoms with van der Waals surface area (Å²) in [6.07, 6.45) is 5.90. The normalized spacial score (nSPS) is 14.7. The maximum Gasteiger partial charge on any atom is 0.323 e. The predicted molar refractivity (Wildman–Crippen MR) is 358 cm³/mol. The number of pyridine rings is 1. The highest BCUT2D eigenvalue weighted by Crippen LogP contribution is 2.33. The minimum atomic E-state index is -4.48. The summed E-state index contributed by atoms with van der Waals surface area (Å²) in [6, 6.07) is 4.64. The van der Waals surface area contributed by atoms with Crippen molar-refractivity contribution < 1.29 is 105 Å². The first-order chi connectivity index (χ1) is 46.6. The number of ether oxygens (including phenoxy) is 4. The van der Waals surface area contributed by atoms with Crippen molar-refractivity contribution in [1.82, 2.24) is 60.1 Å². The van der Waals surface area contributed by atoms with Gasteiger partial charge < -0.3 is 89.2 Å². The monoisotopic (exact) mass is 1430 g/mol.